The lowest BCUT2D eigenvalue weighted by Crippen LogP contribution is -2.19. The maximum absolute atomic E-state index is 14.0. The standard InChI is InChI=1S/C19H21FO.C16H19NS.2C2H6/c1-13(2)16-7-6-8-17(21-5)18(16)14-9-11-15(12-10-14)19(3,4)20;1-12-7-8-13-10-15(11-14(13)9-12)17-18-16-5-3-2-4-6-16;2*1-2/h6-12H,1H2,2-5H3;2-8,14-15,17H,9-11H2,1H3;2*1-2H3. The van der Waals surface area contributed by atoms with E-state index >= 15 is 0 Å². The van der Waals surface area contributed by atoms with Crippen LogP contribution < -0.4 is 9.46 Å². The van der Waals surface area contributed by atoms with Crippen LogP contribution in [0.2, 0.25) is 0 Å². The number of nitrogens with one attached hydrogen (secondary N) is 1. The molecule has 1 fully saturated rings. The van der Waals surface area contributed by atoms with Crippen LogP contribution in [0.3, 0.4) is 0 Å². The molecular formula is C39H52FNOS. The van der Waals surface area contributed by atoms with E-state index in [-0.39, 0.29) is 0 Å². The molecule has 232 valence electrons. The van der Waals surface area contributed by atoms with Crippen molar-refractivity contribution in [2.45, 2.75) is 91.3 Å². The third-order valence-corrected chi connectivity index (χ3v) is 8.34. The number of methoxy groups -OCH3 is 1. The second-order valence-electron chi connectivity index (χ2n) is 11.0. The van der Waals surface area contributed by atoms with Gasteiger partial charge in [0.05, 0.1) is 7.11 Å². The quantitative estimate of drug-likeness (QED) is 0.272. The van der Waals surface area contributed by atoms with Crippen molar-refractivity contribution in [3.63, 3.8) is 0 Å². The topological polar surface area (TPSA) is 21.3 Å². The molecule has 43 heavy (non-hydrogen) atoms. The molecule has 5 rings (SSSR count). The van der Waals surface area contributed by atoms with Crippen LogP contribution in [0, 0.1) is 5.92 Å². The van der Waals surface area contributed by atoms with Gasteiger partial charge in [-0.3, -0.25) is 4.72 Å². The molecule has 0 aliphatic heterocycles. The smallest absolute Gasteiger partial charge is 0.130 e. The summed E-state index contributed by atoms with van der Waals surface area (Å²) in [7, 11) is 1.65. The first-order valence-electron chi connectivity index (χ1n) is 15.6. The minimum absolute atomic E-state index is 0.630. The van der Waals surface area contributed by atoms with Crippen molar-refractivity contribution < 1.29 is 9.13 Å². The highest BCUT2D eigenvalue weighted by Gasteiger charge is 2.30. The van der Waals surface area contributed by atoms with Crippen molar-refractivity contribution in [2.75, 3.05) is 7.11 Å². The summed E-state index contributed by atoms with van der Waals surface area (Å²) in [4.78, 5) is 1.30. The maximum atomic E-state index is 14.0. The van der Waals surface area contributed by atoms with Crippen LogP contribution >= 0.6 is 11.9 Å². The number of rotatable bonds is 7. The van der Waals surface area contributed by atoms with Crippen molar-refractivity contribution in [1.29, 1.82) is 0 Å². The number of hydrogen-bond donors (Lipinski definition) is 1. The Hall–Kier alpha value is -3.08. The zero-order chi connectivity index (χ0) is 32.0. The third-order valence-electron chi connectivity index (χ3n) is 7.38. The second-order valence-corrected chi connectivity index (χ2v) is 11.9. The summed E-state index contributed by atoms with van der Waals surface area (Å²) in [5.41, 5.74) is 6.51. The summed E-state index contributed by atoms with van der Waals surface area (Å²) < 4.78 is 23.1. The summed E-state index contributed by atoms with van der Waals surface area (Å²) in [5.74, 6) is 1.59. The summed E-state index contributed by atoms with van der Waals surface area (Å²) >= 11 is 1.77. The molecule has 1 saturated carbocycles. The Balaban J connectivity index is 0.000000271. The van der Waals surface area contributed by atoms with Crippen molar-refractivity contribution in [3.8, 4) is 16.9 Å². The normalized spacial score (nSPS) is 16.9. The van der Waals surface area contributed by atoms with Crippen molar-refractivity contribution >= 4 is 17.5 Å². The van der Waals surface area contributed by atoms with Gasteiger partial charge in [-0.25, -0.2) is 4.39 Å². The highest BCUT2D eigenvalue weighted by Crippen LogP contribution is 2.40. The van der Waals surface area contributed by atoms with Gasteiger partial charge in [0, 0.05) is 16.5 Å². The Labute approximate surface area is 265 Å². The Morgan fingerprint density at radius 3 is 2.14 bits per heavy atom. The molecule has 0 amide bonds. The number of alkyl halides is 1. The summed E-state index contributed by atoms with van der Waals surface area (Å²) in [6, 6.07) is 24.6. The molecule has 0 bridgehead atoms. The van der Waals surface area contributed by atoms with Crippen molar-refractivity contribution in [3.05, 3.63) is 114 Å². The molecule has 0 radical (unpaired) electrons. The molecule has 3 aromatic rings. The lowest BCUT2D eigenvalue weighted by Gasteiger charge is -2.17. The van der Waals surface area contributed by atoms with Gasteiger partial charge >= 0.3 is 0 Å². The van der Waals surface area contributed by atoms with Crippen LogP contribution in [0.1, 0.15) is 85.8 Å². The van der Waals surface area contributed by atoms with Gasteiger partial charge < -0.3 is 4.74 Å². The monoisotopic (exact) mass is 601 g/mol. The van der Waals surface area contributed by atoms with E-state index in [4.69, 9.17) is 4.74 Å². The molecule has 2 atom stereocenters. The Bertz CT molecular complexity index is 1340. The van der Waals surface area contributed by atoms with E-state index in [1.165, 1.54) is 29.7 Å². The first-order chi connectivity index (χ1) is 20.7. The Morgan fingerprint density at radius 2 is 1.56 bits per heavy atom. The lowest BCUT2D eigenvalue weighted by atomic mass is 9.90. The molecular weight excluding hydrogens is 550 g/mol. The molecule has 4 heteroatoms. The predicted octanol–water partition coefficient (Wildman–Crippen LogP) is 12.0. The number of benzene rings is 3. The van der Waals surface area contributed by atoms with E-state index < -0.39 is 5.67 Å². The zero-order valence-electron chi connectivity index (χ0n) is 27.8. The van der Waals surface area contributed by atoms with Crippen molar-refractivity contribution in [1.82, 2.24) is 4.72 Å². The SMILES string of the molecule is C=C(C)c1cccc(OC)c1-c1ccc(C(C)(C)F)cc1.CC.CC.CC1=CC=C2CC(NSc3ccccc3)CC2C1. The van der Waals surface area contributed by atoms with Crippen LogP contribution in [0.25, 0.3) is 16.7 Å². The Kier molecular flexibility index (Phi) is 15.0. The first kappa shape index (κ1) is 36.1. The van der Waals surface area contributed by atoms with Crippen LogP contribution in [0.5, 0.6) is 5.75 Å². The van der Waals surface area contributed by atoms with E-state index in [0.29, 0.717) is 11.6 Å². The molecule has 3 aromatic carbocycles. The van der Waals surface area contributed by atoms with Gasteiger partial charge in [-0.1, -0.05) is 118 Å². The molecule has 2 nitrogen and oxygen atoms in total. The van der Waals surface area contributed by atoms with Gasteiger partial charge in [-0.05, 0) is 99.7 Å². The molecule has 2 unspecified atom stereocenters. The maximum Gasteiger partial charge on any atom is 0.130 e. The van der Waals surface area contributed by atoms with Crippen molar-refractivity contribution in [2.24, 2.45) is 5.92 Å². The fourth-order valence-electron chi connectivity index (χ4n) is 5.27. The lowest BCUT2D eigenvalue weighted by molar-refractivity contribution is 0.221. The summed E-state index contributed by atoms with van der Waals surface area (Å²) in [5, 5.41) is 0. The number of fused-ring (bicyclic) bond motifs is 1. The minimum Gasteiger partial charge on any atom is -0.496 e. The Morgan fingerprint density at radius 1 is 0.907 bits per heavy atom. The molecule has 0 heterocycles. The zero-order valence-corrected chi connectivity index (χ0v) is 28.6. The van der Waals surface area contributed by atoms with Crippen LogP contribution in [0.4, 0.5) is 4.39 Å². The van der Waals surface area contributed by atoms with E-state index in [9.17, 15) is 4.39 Å². The predicted molar refractivity (Wildman–Crippen MR) is 188 cm³/mol. The van der Waals surface area contributed by atoms with E-state index in [1.54, 1.807) is 38.5 Å². The first-order valence-corrected chi connectivity index (χ1v) is 16.4. The summed E-state index contributed by atoms with van der Waals surface area (Å²) in [6.45, 7) is 19.4. The molecule has 2 aliphatic rings. The minimum atomic E-state index is -1.34. The molecule has 0 aromatic heterocycles. The van der Waals surface area contributed by atoms with Gasteiger partial charge in [0.1, 0.15) is 11.4 Å². The fourth-order valence-corrected chi connectivity index (χ4v) is 6.05. The molecule has 0 spiro atoms. The number of allylic oxidation sites excluding steroid dienone is 4. The highest BCUT2D eigenvalue weighted by molar-refractivity contribution is 7.97. The van der Waals surface area contributed by atoms with Gasteiger partial charge in [-0.2, -0.15) is 0 Å². The van der Waals surface area contributed by atoms with Gasteiger partial charge in [0.25, 0.3) is 0 Å². The van der Waals surface area contributed by atoms with Crippen LogP contribution in [-0.2, 0) is 5.67 Å². The van der Waals surface area contributed by atoms with Crippen LogP contribution in [-0.4, -0.2) is 13.2 Å². The third kappa shape index (κ3) is 10.5. The largest absolute Gasteiger partial charge is 0.496 e. The average molecular weight is 602 g/mol. The second kappa shape index (κ2) is 17.9. The molecule has 0 saturated heterocycles. The molecule has 2 aliphatic carbocycles. The molecule has 1 N–H and O–H groups in total. The van der Waals surface area contributed by atoms with E-state index in [1.807, 2.05) is 77.1 Å². The van der Waals surface area contributed by atoms with E-state index in [2.05, 4.69) is 60.7 Å². The van der Waals surface area contributed by atoms with Gasteiger partial charge in [0.15, 0.2) is 0 Å². The van der Waals surface area contributed by atoms with Gasteiger partial charge in [-0.15, -0.1) is 0 Å². The van der Waals surface area contributed by atoms with Gasteiger partial charge in [0.2, 0.25) is 0 Å². The summed E-state index contributed by atoms with van der Waals surface area (Å²) in [6.07, 6.45) is 8.40. The number of ether oxygens (including phenoxy) is 1. The highest BCUT2D eigenvalue weighted by atomic mass is 32.2. The van der Waals surface area contributed by atoms with E-state index in [0.717, 1.165) is 33.9 Å². The number of halogens is 1. The fraction of sp³-hybridized carbons (Fsp3) is 0.385. The average Bonchev–Trinajstić information content (AvgIpc) is 3.44. The number of hydrogen-bond acceptors (Lipinski definition) is 3. The van der Waals surface area contributed by atoms with Crippen LogP contribution in [0.15, 0.2) is 108 Å².